The van der Waals surface area contributed by atoms with Gasteiger partial charge in [-0.05, 0) is 29.2 Å². The van der Waals surface area contributed by atoms with E-state index >= 15 is 0 Å². The van der Waals surface area contributed by atoms with Gasteiger partial charge in [-0.15, -0.1) is 0 Å². The topological polar surface area (TPSA) is 94.5 Å². The predicted molar refractivity (Wildman–Crippen MR) is 139 cm³/mol. The Bertz CT molecular complexity index is 1260. The van der Waals surface area contributed by atoms with Crippen LogP contribution in [0.15, 0.2) is 72.8 Å². The first-order valence-electron chi connectivity index (χ1n) is 12.7. The van der Waals surface area contributed by atoms with Gasteiger partial charge in [-0.1, -0.05) is 66.7 Å². The molecule has 2 heterocycles. The number of carbonyl (C=O) groups is 2. The number of hydrogen-bond acceptors (Lipinski definition) is 6. The summed E-state index contributed by atoms with van der Waals surface area (Å²) in [7, 11) is 1.55. The van der Waals surface area contributed by atoms with Crippen molar-refractivity contribution < 1.29 is 33.6 Å². The number of amides is 1. The largest absolute Gasteiger partial charge is 0.493 e. The number of carboxylic acid groups (broad SMARTS) is 1. The van der Waals surface area contributed by atoms with Crippen molar-refractivity contribution in [3.8, 4) is 11.5 Å². The van der Waals surface area contributed by atoms with Gasteiger partial charge >= 0.3 is 5.97 Å². The van der Waals surface area contributed by atoms with Crippen LogP contribution in [0.4, 0.5) is 0 Å². The molecule has 1 fully saturated rings. The number of benzene rings is 3. The van der Waals surface area contributed by atoms with Crippen LogP contribution in [-0.2, 0) is 38.6 Å². The summed E-state index contributed by atoms with van der Waals surface area (Å²) in [5.41, 5.74) is 3.21. The summed E-state index contributed by atoms with van der Waals surface area (Å²) in [6.45, 7) is 1.40. The van der Waals surface area contributed by atoms with E-state index in [9.17, 15) is 14.7 Å². The second-order valence-electron chi connectivity index (χ2n) is 9.45. The molecule has 8 nitrogen and oxygen atoms in total. The summed E-state index contributed by atoms with van der Waals surface area (Å²) in [4.78, 5) is 27.9. The van der Waals surface area contributed by atoms with Crippen molar-refractivity contribution in [3.05, 3.63) is 95.1 Å². The quantitative estimate of drug-likeness (QED) is 0.456. The van der Waals surface area contributed by atoms with Gasteiger partial charge < -0.3 is 29.0 Å². The molecule has 3 atom stereocenters. The molecule has 0 aromatic heterocycles. The molecule has 1 N–H and O–H groups in total. The van der Waals surface area contributed by atoms with Gasteiger partial charge in [-0.3, -0.25) is 4.79 Å². The molecule has 2 aliphatic rings. The number of hydrogen-bond donors (Lipinski definition) is 1. The zero-order valence-corrected chi connectivity index (χ0v) is 21.2. The molecule has 198 valence electrons. The van der Waals surface area contributed by atoms with E-state index in [0.717, 1.165) is 16.7 Å². The molecular formula is C30H31NO7. The van der Waals surface area contributed by atoms with Crippen LogP contribution in [0.3, 0.4) is 0 Å². The maximum Gasteiger partial charge on any atom is 0.326 e. The summed E-state index contributed by atoms with van der Waals surface area (Å²) in [6.07, 6.45) is -0.389. The van der Waals surface area contributed by atoms with Crippen molar-refractivity contribution in [3.63, 3.8) is 0 Å². The third kappa shape index (κ3) is 5.51. The van der Waals surface area contributed by atoms with Crippen LogP contribution in [-0.4, -0.2) is 54.4 Å². The lowest BCUT2D eigenvalue weighted by Gasteiger charge is -2.37. The normalized spacial score (nSPS) is 19.4. The number of fused-ring (bicyclic) bond motifs is 1. The summed E-state index contributed by atoms with van der Waals surface area (Å²) >= 11 is 0. The van der Waals surface area contributed by atoms with E-state index in [1.165, 1.54) is 4.90 Å². The fourth-order valence-electron chi connectivity index (χ4n) is 4.99. The lowest BCUT2D eigenvalue weighted by Crippen LogP contribution is -2.51. The molecule has 0 aliphatic carbocycles. The van der Waals surface area contributed by atoms with E-state index in [0.29, 0.717) is 43.3 Å². The Hall–Kier alpha value is -3.88. The molecule has 38 heavy (non-hydrogen) atoms. The number of aliphatic carboxylic acids is 1. The Morgan fingerprint density at radius 2 is 1.79 bits per heavy atom. The maximum absolute atomic E-state index is 14.0. The van der Waals surface area contributed by atoms with Gasteiger partial charge in [0.05, 0.1) is 19.8 Å². The molecule has 3 aromatic carbocycles. The van der Waals surface area contributed by atoms with E-state index in [1.807, 2.05) is 66.7 Å². The van der Waals surface area contributed by atoms with Gasteiger partial charge in [0.1, 0.15) is 12.6 Å². The number of ether oxygens (including phenoxy) is 4. The minimum Gasteiger partial charge on any atom is -0.493 e. The van der Waals surface area contributed by atoms with Gasteiger partial charge in [-0.2, -0.15) is 0 Å². The van der Waals surface area contributed by atoms with Gasteiger partial charge in [0.2, 0.25) is 0 Å². The smallest absolute Gasteiger partial charge is 0.326 e. The minimum absolute atomic E-state index is 0.0891. The number of carboxylic acids is 1. The summed E-state index contributed by atoms with van der Waals surface area (Å²) in [5, 5.41) is 10.2. The molecule has 2 aliphatic heterocycles. The predicted octanol–water partition coefficient (Wildman–Crippen LogP) is 4.16. The summed E-state index contributed by atoms with van der Waals surface area (Å²) in [5.74, 6) is -0.443. The third-order valence-electron chi connectivity index (χ3n) is 6.99. The number of nitrogens with zero attached hydrogens (tertiary/aromatic N) is 1. The van der Waals surface area contributed by atoms with Crippen molar-refractivity contribution in [2.24, 2.45) is 0 Å². The van der Waals surface area contributed by atoms with Crippen molar-refractivity contribution in [2.45, 2.75) is 44.2 Å². The molecule has 0 unspecified atom stereocenters. The van der Waals surface area contributed by atoms with Crippen LogP contribution in [0.2, 0.25) is 0 Å². The molecule has 8 heteroatoms. The molecule has 5 rings (SSSR count). The molecular weight excluding hydrogens is 486 g/mol. The summed E-state index contributed by atoms with van der Waals surface area (Å²) < 4.78 is 23.4. The highest BCUT2D eigenvalue weighted by atomic mass is 16.6. The van der Waals surface area contributed by atoms with Crippen LogP contribution in [0, 0.1) is 0 Å². The average molecular weight is 518 g/mol. The average Bonchev–Trinajstić information content (AvgIpc) is 3.48. The van der Waals surface area contributed by atoms with Crippen LogP contribution in [0.5, 0.6) is 11.5 Å². The van der Waals surface area contributed by atoms with E-state index in [1.54, 1.807) is 13.2 Å². The first-order chi connectivity index (χ1) is 18.5. The van der Waals surface area contributed by atoms with Crippen molar-refractivity contribution in [1.29, 1.82) is 0 Å². The Kier molecular flexibility index (Phi) is 7.91. The third-order valence-corrected chi connectivity index (χ3v) is 6.99. The van der Waals surface area contributed by atoms with E-state index in [4.69, 9.17) is 18.9 Å². The molecule has 0 saturated carbocycles. The van der Waals surface area contributed by atoms with Crippen LogP contribution >= 0.6 is 0 Å². The number of rotatable bonds is 9. The Balaban J connectivity index is 1.46. The second-order valence-corrected chi connectivity index (χ2v) is 9.45. The first-order valence-corrected chi connectivity index (χ1v) is 12.7. The van der Waals surface area contributed by atoms with E-state index in [2.05, 4.69) is 0 Å². The Labute approximate surface area is 221 Å². The Morgan fingerprint density at radius 3 is 2.45 bits per heavy atom. The van der Waals surface area contributed by atoms with Gasteiger partial charge in [0.25, 0.3) is 5.91 Å². The molecule has 0 spiro atoms. The number of methoxy groups -OCH3 is 1. The van der Waals surface area contributed by atoms with Crippen molar-refractivity contribution in [1.82, 2.24) is 4.90 Å². The monoisotopic (exact) mass is 517 g/mol. The van der Waals surface area contributed by atoms with Gasteiger partial charge in [-0.25, -0.2) is 4.79 Å². The zero-order chi connectivity index (χ0) is 26.5. The maximum atomic E-state index is 14.0. The summed E-state index contributed by atoms with van der Waals surface area (Å²) in [6, 6.07) is 21.5. The highest BCUT2D eigenvalue weighted by Gasteiger charge is 2.41. The fraction of sp³-hybridized carbons (Fsp3) is 0.333. The van der Waals surface area contributed by atoms with E-state index < -0.39 is 18.1 Å². The zero-order valence-electron chi connectivity index (χ0n) is 21.2. The highest BCUT2D eigenvalue weighted by Crippen LogP contribution is 2.40. The minimum atomic E-state index is -1.09. The van der Waals surface area contributed by atoms with E-state index in [-0.39, 0.29) is 25.0 Å². The highest BCUT2D eigenvalue weighted by molar-refractivity contribution is 5.88. The van der Waals surface area contributed by atoms with Crippen LogP contribution < -0.4 is 9.47 Å². The molecule has 1 amide bonds. The Morgan fingerprint density at radius 1 is 1.05 bits per heavy atom. The van der Waals surface area contributed by atoms with Gasteiger partial charge in [0, 0.05) is 25.1 Å². The SMILES string of the molecule is COc1ccc2c(c1OCc1ccccc1)C[C@H](C(=O)O)N(C(=O)[C@@H](O[C@H]1CCOC1)c1ccccc1)C2. The fourth-order valence-corrected chi connectivity index (χ4v) is 4.99. The number of carbonyl (C=O) groups excluding carboxylic acids is 1. The molecule has 0 radical (unpaired) electrons. The standard InChI is InChI=1S/C30H31NO7/c1-35-26-13-12-22-17-31(29(32)27(21-10-6-3-7-11-21)38-23-14-15-36-19-23)25(30(33)34)16-24(22)28(26)37-18-20-8-4-2-5-9-20/h2-13,23,25,27H,14-19H2,1H3,(H,33,34)/t23-,25+,27-/m0/s1. The van der Waals surface area contributed by atoms with Crippen LogP contribution in [0.25, 0.3) is 0 Å². The lowest BCUT2D eigenvalue weighted by molar-refractivity contribution is -0.160. The van der Waals surface area contributed by atoms with Crippen molar-refractivity contribution in [2.75, 3.05) is 20.3 Å². The second kappa shape index (κ2) is 11.7. The molecule has 3 aromatic rings. The van der Waals surface area contributed by atoms with Crippen molar-refractivity contribution >= 4 is 11.9 Å². The molecule has 1 saturated heterocycles. The first kappa shape index (κ1) is 25.8. The van der Waals surface area contributed by atoms with Crippen LogP contribution in [0.1, 0.15) is 34.8 Å². The van der Waals surface area contributed by atoms with Gasteiger partial charge in [0.15, 0.2) is 17.6 Å². The lowest BCUT2D eigenvalue weighted by atomic mass is 9.91. The molecule has 0 bridgehead atoms.